The van der Waals surface area contributed by atoms with Crippen molar-refractivity contribution in [3.8, 4) is 6.07 Å². The predicted molar refractivity (Wildman–Crippen MR) is 95.8 cm³/mol. The number of nitrogens with zero attached hydrogens (tertiary/aromatic N) is 1. The van der Waals surface area contributed by atoms with Crippen molar-refractivity contribution in [2.75, 3.05) is 18.9 Å². The molecule has 2 rings (SSSR count). The van der Waals surface area contributed by atoms with E-state index >= 15 is 0 Å². The summed E-state index contributed by atoms with van der Waals surface area (Å²) in [4.78, 5) is 13.2. The highest BCUT2D eigenvalue weighted by Gasteiger charge is 2.11. The number of nitriles is 1. The number of likely N-dealkylation sites (N-methyl/N-ethyl adjacent to an activating group) is 1. The number of nitrogens with one attached hydrogen (secondary N) is 2. The third-order valence-electron chi connectivity index (χ3n) is 3.91. The van der Waals surface area contributed by atoms with Gasteiger partial charge in [0, 0.05) is 11.3 Å². The molecule has 0 saturated carbocycles. The highest BCUT2D eigenvalue weighted by molar-refractivity contribution is 5.91. The Balaban J connectivity index is 1.85. The van der Waals surface area contributed by atoms with E-state index in [4.69, 9.17) is 5.26 Å². The first kappa shape index (κ1) is 17.7. The Labute approximate surface area is 143 Å². The fourth-order valence-electron chi connectivity index (χ4n) is 2.54. The number of carbonyl (C=O) groups excluding carboxylic acids is 1. The van der Waals surface area contributed by atoms with Crippen molar-refractivity contribution in [2.24, 2.45) is 0 Å². The molecule has 1 amide bonds. The summed E-state index contributed by atoms with van der Waals surface area (Å²) in [6.07, 6.45) is 0. The van der Waals surface area contributed by atoms with E-state index in [-0.39, 0.29) is 5.91 Å². The lowest BCUT2D eigenvalue weighted by Crippen LogP contribution is -3.08. The molecule has 0 spiro atoms. The lowest BCUT2D eigenvalue weighted by Gasteiger charge is -2.14. The summed E-state index contributed by atoms with van der Waals surface area (Å²) in [6.45, 7) is 5.56. The minimum atomic E-state index is -0.0315. The normalized spacial score (nSPS) is 11.8. The second-order valence-electron chi connectivity index (χ2n) is 6.44. The molecule has 2 aromatic rings. The number of hydrogen-bond acceptors (Lipinski definition) is 2. The summed E-state index contributed by atoms with van der Waals surface area (Å²) < 4.78 is 0. The van der Waals surface area contributed by atoms with Crippen LogP contribution in [-0.4, -0.2) is 19.5 Å². The SMILES string of the molecule is CC(C)c1ccc(C[NH+](C)CC(=O)Nc2ccc(C#N)cc2)cc1. The van der Waals surface area contributed by atoms with Gasteiger partial charge in [-0.1, -0.05) is 38.1 Å². The van der Waals surface area contributed by atoms with E-state index in [0.717, 1.165) is 11.4 Å². The van der Waals surface area contributed by atoms with Crippen LogP contribution in [0.15, 0.2) is 48.5 Å². The van der Waals surface area contributed by atoms with Crippen LogP contribution in [0.25, 0.3) is 0 Å². The minimum absolute atomic E-state index is 0.0315. The van der Waals surface area contributed by atoms with Crippen molar-refractivity contribution in [1.82, 2.24) is 0 Å². The van der Waals surface area contributed by atoms with E-state index in [1.54, 1.807) is 24.3 Å². The minimum Gasteiger partial charge on any atom is -0.326 e. The Morgan fingerprint density at radius 1 is 1.12 bits per heavy atom. The second kappa shape index (κ2) is 8.28. The van der Waals surface area contributed by atoms with E-state index in [9.17, 15) is 4.79 Å². The van der Waals surface area contributed by atoms with E-state index in [1.165, 1.54) is 11.1 Å². The molecule has 4 nitrogen and oxygen atoms in total. The summed E-state index contributed by atoms with van der Waals surface area (Å²) in [6, 6.07) is 17.5. The topological polar surface area (TPSA) is 57.3 Å². The molecular weight excluding hydrogens is 298 g/mol. The Morgan fingerprint density at radius 2 is 1.75 bits per heavy atom. The van der Waals surface area contributed by atoms with Gasteiger partial charge in [-0.3, -0.25) is 4.79 Å². The van der Waals surface area contributed by atoms with Crippen LogP contribution < -0.4 is 10.2 Å². The lowest BCUT2D eigenvalue weighted by atomic mass is 10.0. The largest absolute Gasteiger partial charge is 0.326 e. The molecule has 0 bridgehead atoms. The summed E-state index contributed by atoms with van der Waals surface area (Å²) in [5.74, 6) is 0.498. The number of rotatable bonds is 6. The van der Waals surface area contributed by atoms with Gasteiger partial charge in [-0.2, -0.15) is 5.26 Å². The van der Waals surface area contributed by atoms with E-state index in [1.807, 2.05) is 7.05 Å². The summed E-state index contributed by atoms with van der Waals surface area (Å²) in [5, 5.41) is 11.6. The molecular formula is C20H24N3O+. The first-order valence-electron chi connectivity index (χ1n) is 8.18. The molecule has 0 aliphatic carbocycles. The molecule has 1 unspecified atom stereocenters. The van der Waals surface area contributed by atoms with Crippen molar-refractivity contribution >= 4 is 11.6 Å². The zero-order valence-electron chi connectivity index (χ0n) is 14.5. The van der Waals surface area contributed by atoms with Gasteiger partial charge in [0.2, 0.25) is 0 Å². The van der Waals surface area contributed by atoms with Crippen molar-refractivity contribution in [2.45, 2.75) is 26.3 Å². The summed E-state index contributed by atoms with van der Waals surface area (Å²) in [5.41, 5.74) is 3.85. The van der Waals surface area contributed by atoms with Gasteiger partial charge in [-0.15, -0.1) is 0 Å². The van der Waals surface area contributed by atoms with Crippen molar-refractivity contribution in [3.63, 3.8) is 0 Å². The van der Waals surface area contributed by atoms with Gasteiger partial charge in [0.05, 0.1) is 18.7 Å². The average molecular weight is 322 g/mol. The van der Waals surface area contributed by atoms with E-state index in [0.29, 0.717) is 23.7 Å². The maximum atomic E-state index is 12.1. The predicted octanol–water partition coefficient (Wildman–Crippen LogP) is 2.34. The van der Waals surface area contributed by atoms with Gasteiger partial charge < -0.3 is 10.2 Å². The maximum Gasteiger partial charge on any atom is 0.279 e. The molecule has 0 saturated heterocycles. The molecule has 124 valence electrons. The standard InChI is InChI=1S/C20H23N3O/c1-15(2)18-8-4-17(5-9-18)13-23(3)14-20(24)22-19-10-6-16(12-21)7-11-19/h4-11,15H,13-14H2,1-3H3,(H,22,24)/p+1. The van der Waals surface area contributed by atoms with Gasteiger partial charge in [0.25, 0.3) is 5.91 Å². The number of quaternary nitrogens is 1. The van der Waals surface area contributed by atoms with Crippen LogP contribution in [0.2, 0.25) is 0 Å². The smallest absolute Gasteiger partial charge is 0.279 e. The van der Waals surface area contributed by atoms with E-state index in [2.05, 4.69) is 49.5 Å². The number of carbonyl (C=O) groups is 1. The highest BCUT2D eigenvalue weighted by Crippen LogP contribution is 2.14. The van der Waals surface area contributed by atoms with Gasteiger partial charge in [0.1, 0.15) is 6.54 Å². The molecule has 0 aliphatic rings. The fraction of sp³-hybridized carbons (Fsp3) is 0.300. The monoisotopic (exact) mass is 322 g/mol. The van der Waals surface area contributed by atoms with Gasteiger partial charge in [-0.25, -0.2) is 0 Å². The van der Waals surface area contributed by atoms with Crippen molar-refractivity contribution in [3.05, 3.63) is 65.2 Å². The first-order valence-corrected chi connectivity index (χ1v) is 8.18. The summed E-state index contributed by atoms with van der Waals surface area (Å²) >= 11 is 0. The molecule has 0 aromatic heterocycles. The lowest BCUT2D eigenvalue weighted by molar-refractivity contribution is -0.885. The molecule has 24 heavy (non-hydrogen) atoms. The highest BCUT2D eigenvalue weighted by atomic mass is 16.2. The van der Waals surface area contributed by atoms with Crippen LogP contribution in [0.4, 0.5) is 5.69 Å². The third kappa shape index (κ3) is 5.22. The van der Waals surface area contributed by atoms with Crippen LogP contribution >= 0.6 is 0 Å². The molecule has 0 radical (unpaired) electrons. The van der Waals surface area contributed by atoms with Crippen molar-refractivity contribution in [1.29, 1.82) is 5.26 Å². The Hall–Kier alpha value is -2.64. The molecule has 0 aliphatic heterocycles. The quantitative estimate of drug-likeness (QED) is 0.857. The zero-order valence-corrected chi connectivity index (χ0v) is 14.5. The maximum absolute atomic E-state index is 12.1. The van der Waals surface area contributed by atoms with Gasteiger partial charge in [0.15, 0.2) is 6.54 Å². The van der Waals surface area contributed by atoms with Crippen LogP contribution in [0.3, 0.4) is 0 Å². The van der Waals surface area contributed by atoms with Crippen LogP contribution in [0.1, 0.15) is 36.5 Å². The molecule has 1 atom stereocenters. The average Bonchev–Trinajstić information content (AvgIpc) is 2.55. The van der Waals surface area contributed by atoms with Gasteiger partial charge in [-0.05, 0) is 35.7 Å². The van der Waals surface area contributed by atoms with Crippen LogP contribution in [0, 0.1) is 11.3 Å². The number of hydrogen-bond donors (Lipinski definition) is 2. The second-order valence-corrected chi connectivity index (χ2v) is 6.44. The Kier molecular flexibility index (Phi) is 6.11. The number of amides is 1. The number of anilines is 1. The van der Waals surface area contributed by atoms with Gasteiger partial charge >= 0.3 is 0 Å². The molecule has 2 N–H and O–H groups in total. The molecule has 0 fully saturated rings. The number of benzene rings is 2. The molecule has 0 heterocycles. The Bertz CT molecular complexity index is 712. The molecule has 4 heteroatoms. The first-order chi connectivity index (χ1) is 11.5. The third-order valence-corrected chi connectivity index (χ3v) is 3.91. The van der Waals surface area contributed by atoms with E-state index < -0.39 is 0 Å². The zero-order chi connectivity index (χ0) is 17.5. The van der Waals surface area contributed by atoms with Crippen molar-refractivity contribution < 1.29 is 9.69 Å². The molecule has 2 aromatic carbocycles. The fourth-order valence-corrected chi connectivity index (χ4v) is 2.54. The van der Waals surface area contributed by atoms with Crippen LogP contribution in [-0.2, 0) is 11.3 Å². The Morgan fingerprint density at radius 3 is 2.29 bits per heavy atom. The summed E-state index contributed by atoms with van der Waals surface area (Å²) in [7, 11) is 2.01. The van der Waals surface area contributed by atoms with Crippen LogP contribution in [0.5, 0.6) is 0 Å².